The van der Waals surface area contributed by atoms with Gasteiger partial charge < -0.3 is 19.8 Å². The van der Waals surface area contributed by atoms with Crippen LogP contribution >= 0.6 is 23.4 Å². The van der Waals surface area contributed by atoms with Gasteiger partial charge in [-0.2, -0.15) is 5.26 Å². The van der Waals surface area contributed by atoms with Gasteiger partial charge in [0.05, 0.1) is 40.2 Å². The Labute approximate surface area is 194 Å². The molecular weight excluding hydrogens is 450 g/mol. The summed E-state index contributed by atoms with van der Waals surface area (Å²) in [6.07, 6.45) is 2.94. The van der Waals surface area contributed by atoms with Gasteiger partial charge in [-0.1, -0.05) is 42.1 Å². The molecule has 0 spiro atoms. The minimum absolute atomic E-state index is 0.0361. The summed E-state index contributed by atoms with van der Waals surface area (Å²) in [6, 6.07) is 12.4. The third-order valence-corrected chi connectivity index (χ3v) is 5.74. The van der Waals surface area contributed by atoms with Crippen molar-refractivity contribution in [2.75, 3.05) is 17.7 Å². The van der Waals surface area contributed by atoms with Crippen LogP contribution in [0.1, 0.15) is 18.6 Å². The van der Waals surface area contributed by atoms with E-state index in [1.54, 1.807) is 43.3 Å². The number of nitrogens with one attached hydrogen (secondary N) is 2. The van der Waals surface area contributed by atoms with E-state index in [4.69, 9.17) is 20.8 Å². The normalized spacial score (nSPS) is 15.6. The van der Waals surface area contributed by atoms with Crippen molar-refractivity contribution in [2.24, 2.45) is 0 Å². The first-order chi connectivity index (χ1) is 15.4. The fraction of sp³-hybridized carbons (Fsp3) is 0.174. The Bertz CT molecular complexity index is 1130. The molecule has 0 bridgehead atoms. The first-order valence-electron chi connectivity index (χ1n) is 9.56. The van der Waals surface area contributed by atoms with E-state index < -0.39 is 11.9 Å². The number of thioether (sulfide) groups is 1. The van der Waals surface area contributed by atoms with Gasteiger partial charge in [0.2, 0.25) is 5.91 Å². The van der Waals surface area contributed by atoms with Crippen LogP contribution in [0.15, 0.2) is 81.6 Å². The average Bonchev–Trinajstić information content (AvgIpc) is 3.30. The number of nitrogens with zero attached hydrogens (tertiary/aromatic N) is 1. The number of carbonyl (C=O) groups is 2. The highest BCUT2D eigenvalue weighted by Gasteiger charge is 2.37. The van der Waals surface area contributed by atoms with E-state index >= 15 is 0 Å². The SMILES string of the molecule is C=CCOC(=O)C1=C(C)NC(SCC(=O)Nc2cccc(Cl)c2)=C(C#N)[C@H]1c1ccco1. The van der Waals surface area contributed by atoms with Crippen LogP contribution in [-0.2, 0) is 14.3 Å². The van der Waals surface area contributed by atoms with E-state index in [9.17, 15) is 14.9 Å². The molecule has 1 aliphatic rings. The Morgan fingerprint density at radius 3 is 2.88 bits per heavy atom. The monoisotopic (exact) mass is 469 g/mol. The Hall–Kier alpha value is -3.41. The number of allylic oxidation sites excluding steroid dienone is 2. The van der Waals surface area contributed by atoms with Crippen LogP contribution in [0.25, 0.3) is 0 Å². The van der Waals surface area contributed by atoms with Crippen molar-refractivity contribution in [3.63, 3.8) is 0 Å². The van der Waals surface area contributed by atoms with Gasteiger partial charge >= 0.3 is 5.97 Å². The number of rotatable bonds is 8. The molecule has 0 saturated carbocycles. The second-order valence-corrected chi connectivity index (χ2v) is 8.12. The van der Waals surface area contributed by atoms with Crippen molar-refractivity contribution in [3.8, 4) is 6.07 Å². The fourth-order valence-corrected chi connectivity index (χ4v) is 4.23. The summed E-state index contributed by atoms with van der Waals surface area (Å²) in [5, 5.41) is 16.7. The molecule has 7 nitrogen and oxygen atoms in total. The van der Waals surface area contributed by atoms with Crippen LogP contribution in [0.5, 0.6) is 0 Å². The number of benzene rings is 1. The second kappa shape index (κ2) is 10.8. The molecule has 3 rings (SSSR count). The van der Waals surface area contributed by atoms with Crippen LogP contribution in [-0.4, -0.2) is 24.2 Å². The topological polar surface area (TPSA) is 104 Å². The lowest BCUT2D eigenvalue weighted by atomic mass is 9.86. The van der Waals surface area contributed by atoms with Gasteiger partial charge in [-0.3, -0.25) is 4.79 Å². The average molecular weight is 470 g/mol. The van der Waals surface area contributed by atoms with E-state index in [1.807, 2.05) is 0 Å². The predicted molar refractivity (Wildman–Crippen MR) is 124 cm³/mol. The zero-order chi connectivity index (χ0) is 23.1. The van der Waals surface area contributed by atoms with Crippen LogP contribution in [0.2, 0.25) is 5.02 Å². The molecular formula is C23H20ClN3O4S. The zero-order valence-corrected chi connectivity index (χ0v) is 18.8. The summed E-state index contributed by atoms with van der Waals surface area (Å²) >= 11 is 7.10. The lowest BCUT2D eigenvalue weighted by Gasteiger charge is -2.27. The molecule has 1 aromatic carbocycles. The number of halogens is 1. The van der Waals surface area contributed by atoms with Gasteiger partial charge in [-0.25, -0.2) is 4.79 Å². The third-order valence-electron chi connectivity index (χ3n) is 4.48. The van der Waals surface area contributed by atoms with E-state index in [2.05, 4.69) is 23.3 Å². The first kappa shape index (κ1) is 23.3. The van der Waals surface area contributed by atoms with Gasteiger partial charge in [0.1, 0.15) is 12.4 Å². The molecule has 0 aliphatic carbocycles. The predicted octanol–water partition coefficient (Wildman–Crippen LogP) is 4.73. The summed E-state index contributed by atoms with van der Waals surface area (Å²) in [7, 11) is 0. The largest absolute Gasteiger partial charge is 0.468 e. The summed E-state index contributed by atoms with van der Waals surface area (Å²) in [5.41, 5.74) is 1.62. The van der Waals surface area contributed by atoms with Gasteiger partial charge in [0.15, 0.2) is 0 Å². The number of hydrogen-bond acceptors (Lipinski definition) is 7. The van der Waals surface area contributed by atoms with E-state index in [0.717, 1.165) is 11.8 Å². The number of anilines is 1. The molecule has 9 heteroatoms. The highest BCUT2D eigenvalue weighted by molar-refractivity contribution is 8.03. The molecule has 0 radical (unpaired) electrons. The molecule has 0 fully saturated rings. The Morgan fingerprint density at radius 1 is 1.41 bits per heavy atom. The van der Waals surface area contributed by atoms with Crippen molar-refractivity contribution >= 4 is 40.9 Å². The van der Waals surface area contributed by atoms with E-state index in [0.29, 0.717) is 27.2 Å². The summed E-state index contributed by atoms with van der Waals surface area (Å²) in [4.78, 5) is 25.1. The molecule has 2 aromatic rings. The van der Waals surface area contributed by atoms with Crippen molar-refractivity contribution in [1.29, 1.82) is 5.26 Å². The number of nitriles is 1. The third kappa shape index (κ3) is 5.44. The van der Waals surface area contributed by atoms with Crippen LogP contribution in [0.4, 0.5) is 5.69 Å². The van der Waals surface area contributed by atoms with Crippen LogP contribution < -0.4 is 10.6 Å². The lowest BCUT2D eigenvalue weighted by molar-refractivity contribution is -0.138. The molecule has 1 amide bonds. The summed E-state index contributed by atoms with van der Waals surface area (Å²) in [5.74, 6) is -1.14. The molecule has 1 aromatic heterocycles. The van der Waals surface area contributed by atoms with Crippen LogP contribution in [0.3, 0.4) is 0 Å². The quantitative estimate of drug-likeness (QED) is 0.425. The number of esters is 1. The fourth-order valence-electron chi connectivity index (χ4n) is 3.15. The van der Waals surface area contributed by atoms with Crippen molar-refractivity contribution in [3.05, 3.63) is 88.0 Å². The minimum Gasteiger partial charge on any atom is -0.468 e. The molecule has 164 valence electrons. The van der Waals surface area contributed by atoms with Gasteiger partial charge in [-0.15, -0.1) is 0 Å². The van der Waals surface area contributed by atoms with Crippen molar-refractivity contribution < 1.29 is 18.7 Å². The van der Waals surface area contributed by atoms with Gasteiger partial charge in [-0.05, 0) is 37.3 Å². The number of dihydropyridines is 1. The van der Waals surface area contributed by atoms with E-state index in [1.165, 1.54) is 12.3 Å². The maximum Gasteiger partial charge on any atom is 0.337 e. The Kier molecular flexibility index (Phi) is 7.82. The minimum atomic E-state index is -0.757. The van der Waals surface area contributed by atoms with Crippen molar-refractivity contribution in [2.45, 2.75) is 12.8 Å². The zero-order valence-electron chi connectivity index (χ0n) is 17.2. The molecule has 0 unspecified atom stereocenters. The van der Waals surface area contributed by atoms with Gasteiger partial charge in [0.25, 0.3) is 0 Å². The van der Waals surface area contributed by atoms with Crippen molar-refractivity contribution in [1.82, 2.24) is 5.32 Å². The maximum absolute atomic E-state index is 12.7. The number of furan rings is 1. The summed E-state index contributed by atoms with van der Waals surface area (Å²) in [6.45, 7) is 5.30. The molecule has 1 atom stereocenters. The molecule has 2 heterocycles. The highest BCUT2D eigenvalue weighted by Crippen LogP contribution is 2.41. The van der Waals surface area contributed by atoms with Gasteiger partial charge in [0, 0.05) is 16.4 Å². The van der Waals surface area contributed by atoms with Crippen LogP contribution in [0, 0.1) is 11.3 Å². The van der Waals surface area contributed by atoms with E-state index in [-0.39, 0.29) is 29.4 Å². The second-order valence-electron chi connectivity index (χ2n) is 6.70. The number of hydrogen-bond donors (Lipinski definition) is 2. The molecule has 1 aliphatic heterocycles. The molecule has 2 N–H and O–H groups in total. The summed E-state index contributed by atoms with van der Waals surface area (Å²) < 4.78 is 10.7. The number of ether oxygens (including phenoxy) is 1. The first-order valence-corrected chi connectivity index (χ1v) is 10.9. The Balaban J connectivity index is 1.84. The highest BCUT2D eigenvalue weighted by atomic mass is 35.5. The number of carbonyl (C=O) groups excluding carboxylic acids is 2. The number of amides is 1. The maximum atomic E-state index is 12.7. The molecule has 32 heavy (non-hydrogen) atoms. The smallest absolute Gasteiger partial charge is 0.337 e. The Morgan fingerprint density at radius 2 is 2.22 bits per heavy atom. The molecule has 0 saturated heterocycles. The standard InChI is InChI=1S/C23H20ClN3O4S/c1-3-9-31-23(29)20-14(2)26-22(17(12-25)21(20)18-8-5-10-30-18)32-13-19(28)27-16-7-4-6-15(24)11-16/h3-8,10-11,21,26H,1,9,13H2,2H3,(H,27,28)/t21-/m0/s1. The lowest BCUT2D eigenvalue weighted by Crippen LogP contribution is -2.29.